The van der Waals surface area contributed by atoms with Crippen LogP contribution in [0.15, 0.2) is 12.1 Å². The highest BCUT2D eigenvalue weighted by atomic mass is 35.5. The molecule has 0 aromatic heterocycles. The van der Waals surface area contributed by atoms with E-state index >= 15 is 0 Å². The molecule has 8 nitrogen and oxygen atoms in total. The minimum Gasteiger partial charge on any atom is -0.493 e. The molecule has 130 valence electrons. The molecule has 0 aliphatic heterocycles. The Balaban J connectivity index is 0.00000484. The highest BCUT2D eigenvalue weighted by molar-refractivity contribution is 5.85. The lowest BCUT2D eigenvalue weighted by molar-refractivity contribution is -0.385. The van der Waals surface area contributed by atoms with Gasteiger partial charge in [0.15, 0.2) is 11.5 Å². The van der Waals surface area contributed by atoms with Crippen molar-refractivity contribution in [1.29, 1.82) is 0 Å². The van der Waals surface area contributed by atoms with Gasteiger partial charge in [-0.25, -0.2) is 9.18 Å². The van der Waals surface area contributed by atoms with E-state index in [9.17, 15) is 19.3 Å². The molecule has 0 saturated heterocycles. The number of carbonyl (C=O) groups excluding carboxylic acids is 1. The van der Waals surface area contributed by atoms with Crippen LogP contribution in [0, 0.1) is 10.1 Å². The van der Waals surface area contributed by atoms with Crippen LogP contribution in [0.2, 0.25) is 0 Å². The molecule has 0 heterocycles. The fourth-order valence-electron chi connectivity index (χ4n) is 1.84. The van der Waals surface area contributed by atoms with Gasteiger partial charge in [-0.15, -0.1) is 12.4 Å². The number of alkyl halides is 1. The van der Waals surface area contributed by atoms with E-state index in [1.807, 2.05) is 0 Å². The molecule has 0 fully saturated rings. The summed E-state index contributed by atoms with van der Waals surface area (Å²) in [5.41, 5.74) is 4.98. The summed E-state index contributed by atoms with van der Waals surface area (Å²) in [6, 6.07) is 0.665. The third kappa shape index (κ3) is 4.67. The second-order valence-corrected chi connectivity index (χ2v) is 4.20. The summed E-state index contributed by atoms with van der Waals surface area (Å²) >= 11 is 0. The quantitative estimate of drug-likeness (QED) is 0.453. The Bertz CT molecular complexity index is 572. The van der Waals surface area contributed by atoms with Gasteiger partial charge in [-0.3, -0.25) is 10.1 Å². The molecule has 1 aromatic rings. The van der Waals surface area contributed by atoms with Crippen LogP contribution in [0.5, 0.6) is 11.5 Å². The number of rotatable bonds is 7. The van der Waals surface area contributed by atoms with E-state index in [0.717, 1.165) is 6.07 Å². The highest BCUT2D eigenvalue weighted by Crippen LogP contribution is 2.38. The molecule has 10 heteroatoms. The van der Waals surface area contributed by atoms with Crippen LogP contribution in [0.25, 0.3) is 0 Å². The molecule has 2 N–H and O–H groups in total. The van der Waals surface area contributed by atoms with Crippen molar-refractivity contribution < 1.29 is 28.3 Å². The number of nitrogens with zero attached hydrogens (tertiary/aromatic N) is 1. The Morgan fingerprint density at radius 2 is 1.87 bits per heavy atom. The number of nitrogens with two attached hydrogens (primary N) is 1. The van der Waals surface area contributed by atoms with Crippen LogP contribution < -0.4 is 15.2 Å². The maximum Gasteiger partial charge on any atom is 0.342 e. The number of hydrogen-bond acceptors (Lipinski definition) is 7. The van der Waals surface area contributed by atoms with Crippen molar-refractivity contribution in [3.8, 4) is 11.5 Å². The third-order valence-corrected chi connectivity index (χ3v) is 2.92. The first-order chi connectivity index (χ1) is 10.4. The maximum atomic E-state index is 14.0. The standard InChI is InChI=1S/C13H17FN2O6.ClH/c1-4-22-13(17)11(14)12(15)7-5-9(20-2)10(21-3)6-8(7)16(18)19;/h5-6,11-12H,4,15H2,1-3H3;1H/t11?,12-;/m1./s1. The summed E-state index contributed by atoms with van der Waals surface area (Å²) in [5.74, 6) is -0.953. The molecule has 1 rings (SSSR count). The van der Waals surface area contributed by atoms with Crippen molar-refractivity contribution in [3.05, 3.63) is 27.8 Å². The van der Waals surface area contributed by atoms with Gasteiger partial charge >= 0.3 is 5.97 Å². The van der Waals surface area contributed by atoms with E-state index in [1.165, 1.54) is 27.2 Å². The Hall–Kier alpha value is -2.13. The first-order valence-corrected chi connectivity index (χ1v) is 6.33. The molecular weight excluding hydrogens is 335 g/mol. The zero-order valence-electron chi connectivity index (χ0n) is 12.8. The summed E-state index contributed by atoms with van der Waals surface area (Å²) in [7, 11) is 2.62. The SMILES string of the molecule is CCOC(=O)C(F)[C@H](N)c1cc(OC)c(OC)cc1[N+](=O)[O-].Cl. The van der Waals surface area contributed by atoms with Gasteiger partial charge in [0.1, 0.15) is 0 Å². The predicted molar refractivity (Wildman–Crippen MR) is 81.9 cm³/mol. The number of benzene rings is 1. The van der Waals surface area contributed by atoms with Crippen LogP contribution in [0.3, 0.4) is 0 Å². The zero-order valence-corrected chi connectivity index (χ0v) is 13.6. The lowest BCUT2D eigenvalue weighted by Gasteiger charge is -2.17. The summed E-state index contributed by atoms with van der Waals surface area (Å²) in [5, 5.41) is 11.1. The van der Waals surface area contributed by atoms with E-state index in [4.69, 9.17) is 15.2 Å². The molecule has 2 atom stereocenters. The molecule has 23 heavy (non-hydrogen) atoms. The van der Waals surface area contributed by atoms with E-state index in [1.54, 1.807) is 0 Å². The predicted octanol–water partition coefficient (Wildman–Crippen LogP) is 1.93. The Labute approximate surface area is 138 Å². The van der Waals surface area contributed by atoms with Crippen molar-refractivity contribution in [2.45, 2.75) is 19.1 Å². The molecule has 0 bridgehead atoms. The monoisotopic (exact) mass is 352 g/mol. The van der Waals surface area contributed by atoms with Crippen LogP contribution in [-0.4, -0.2) is 37.9 Å². The summed E-state index contributed by atoms with van der Waals surface area (Å²) in [6.07, 6.45) is -2.24. The van der Waals surface area contributed by atoms with Gasteiger partial charge in [0, 0.05) is 0 Å². The molecule has 0 radical (unpaired) electrons. The Kier molecular flexibility index (Phi) is 8.27. The number of nitro groups is 1. The van der Waals surface area contributed by atoms with Crippen molar-refractivity contribution in [2.75, 3.05) is 20.8 Å². The Morgan fingerprint density at radius 1 is 1.35 bits per heavy atom. The smallest absolute Gasteiger partial charge is 0.342 e. The minimum atomic E-state index is -2.24. The number of ether oxygens (including phenoxy) is 3. The normalized spacial score (nSPS) is 12.6. The molecule has 1 aromatic carbocycles. The van der Waals surface area contributed by atoms with Crippen molar-refractivity contribution >= 4 is 24.1 Å². The van der Waals surface area contributed by atoms with Crippen LogP contribution >= 0.6 is 12.4 Å². The topological polar surface area (TPSA) is 114 Å². The van der Waals surface area contributed by atoms with Gasteiger partial charge < -0.3 is 19.9 Å². The molecular formula is C13H18ClFN2O6. The number of halogens is 2. The number of methoxy groups -OCH3 is 2. The molecule has 1 unspecified atom stereocenters. The van der Waals surface area contributed by atoms with E-state index in [0.29, 0.717) is 0 Å². The minimum absolute atomic E-state index is 0. The number of hydrogen-bond donors (Lipinski definition) is 1. The number of nitro benzene ring substituents is 1. The maximum absolute atomic E-state index is 14.0. The van der Waals surface area contributed by atoms with E-state index < -0.39 is 28.8 Å². The van der Waals surface area contributed by atoms with Gasteiger partial charge in [0.05, 0.1) is 43.4 Å². The second-order valence-electron chi connectivity index (χ2n) is 4.20. The lowest BCUT2D eigenvalue weighted by atomic mass is 10.0. The second kappa shape index (κ2) is 9.11. The lowest BCUT2D eigenvalue weighted by Crippen LogP contribution is -2.32. The van der Waals surface area contributed by atoms with Gasteiger partial charge in [-0.1, -0.05) is 0 Å². The van der Waals surface area contributed by atoms with Crippen LogP contribution in [-0.2, 0) is 9.53 Å². The van der Waals surface area contributed by atoms with Crippen LogP contribution in [0.1, 0.15) is 18.5 Å². The number of carbonyl (C=O) groups is 1. The average Bonchev–Trinajstić information content (AvgIpc) is 2.51. The van der Waals surface area contributed by atoms with Gasteiger partial charge in [-0.2, -0.15) is 0 Å². The largest absolute Gasteiger partial charge is 0.493 e. The fourth-order valence-corrected chi connectivity index (χ4v) is 1.84. The summed E-state index contributed by atoms with van der Waals surface area (Å²) < 4.78 is 28.5. The third-order valence-electron chi connectivity index (χ3n) is 2.92. The zero-order chi connectivity index (χ0) is 16.9. The first kappa shape index (κ1) is 20.9. The number of esters is 1. The van der Waals surface area contributed by atoms with E-state index in [-0.39, 0.29) is 36.1 Å². The fraction of sp³-hybridized carbons (Fsp3) is 0.462. The molecule has 0 amide bonds. The van der Waals surface area contributed by atoms with Gasteiger partial charge in [-0.05, 0) is 13.0 Å². The van der Waals surface area contributed by atoms with Crippen molar-refractivity contribution in [1.82, 2.24) is 0 Å². The van der Waals surface area contributed by atoms with Gasteiger partial charge in [0.25, 0.3) is 5.69 Å². The van der Waals surface area contributed by atoms with Crippen molar-refractivity contribution in [3.63, 3.8) is 0 Å². The molecule has 0 saturated carbocycles. The molecule has 0 aliphatic carbocycles. The van der Waals surface area contributed by atoms with Gasteiger partial charge in [0.2, 0.25) is 6.17 Å². The highest BCUT2D eigenvalue weighted by Gasteiger charge is 2.33. The van der Waals surface area contributed by atoms with Crippen molar-refractivity contribution in [2.24, 2.45) is 5.73 Å². The average molecular weight is 353 g/mol. The summed E-state index contributed by atoms with van der Waals surface area (Å²) in [6.45, 7) is 1.48. The van der Waals surface area contributed by atoms with E-state index in [2.05, 4.69) is 4.74 Å². The summed E-state index contributed by atoms with van der Waals surface area (Å²) in [4.78, 5) is 21.8. The molecule has 0 spiro atoms. The first-order valence-electron chi connectivity index (χ1n) is 6.33. The van der Waals surface area contributed by atoms with Crippen LogP contribution in [0.4, 0.5) is 10.1 Å². The molecule has 0 aliphatic rings. The Morgan fingerprint density at radius 3 is 2.30 bits per heavy atom.